The van der Waals surface area contributed by atoms with Crippen LogP contribution in [-0.2, 0) is 0 Å². The van der Waals surface area contributed by atoms with Gasteiger partial charge in [0.2, 0.25) is 0 Å². The van der Waals surface area contributed by atoms with Crippen LogP contribution >= 0.6 is 0 Å². The van der Waals surface area contributed by atoms with Crippen LogP contribution in [-0.4, -0.2) is 11.1 Å². The van der Waals surface area contributed by atoms with Gasteiger partial charge in [0, 0.05) is 5.56 Å². The summed E-state index contributed by atoms with van der Waals surface area (Å²) in [7, 11) is 0. The Morgan fingerprint density at radius 1 is 1.58 bits per heavy atom. The van der Waals surface area contributed by atoms with Gasteiger partial charge in [-0.25, -0.2) is 4.79 Å². The molecule has 1 aromatic carbocycles. The number of aromatic carboxylic acids is 1. The van der Waals surface area contributed by atoms with Gasteiger partial charge in [-0.1, -0.05) is 12.0 Å². The molecule has 0 aliphatic carbocycles. The molecule has 0 spiro atoms. The molecule has 1 aromatic rings. The van der Waals surface area contributed by atoms with Crippen molar-refractivity contribution < 1.29 is 9.90 Å². The second-order valence-corrected chi connectivity index (χ2v) is 2.48. The van der Waals surface area contributed by atoms with Gasteiger partial charge in [-0.15, -0.1) is 6.42 Å². The molecule has 0 heterocycles. The number of terminal acetylenes is 1. The summed E-state index contributed by atoms with van der Waals surface area (Å²) in [5, 5.41) is 8.72. The van der Waals surface area contributed by atoms with E-state index in [0.717, 1.165) is 5.56 Å². The molecule has 0 saturated carbocycles. The largest absolute Gasteiger partial charge is 0.478 e. The highest BCUT2D eigenvalue weighted by atomic mass is 16.4. The Kier molecular flexibility index (Phi) is 2.16. The molecule has 0 fully saturated rings. The molecule has 2 nitrogen and oxygen atoms in total. The zero-order chi connectivity index (χ0) is 9.14. The normalized spacial score (nSPS) is 9.00. The molecule has 0 bridgehead atoms. The highest BCUT2D eigenvalue weighted by Gasteiger charge is 2.06. The Hall–Kier alpha value is -1.75. The summed E-state index contributed by atoms with van der Waals surface area (Å²) in [5.74, 6) is 1.45. The van der Waals surface area contributed by atoms with E-state index in [0.29, 0.717) is 5.56 Å². The minimum atomic E-state index is -0.940. The number of rotatable bonds is 1. The number of benzene rings is 1. The van der Waals surface area contributed by atoms with Crippen LogP contribution in [0.25, 0.3) is 0 Å². The van der Waals surface area contributed by atoms with Crippen molar-refractivity contribution in [3.63, 3.8) is 0 Å². The lowest BCUT2D eigenvalue weighted by Crippen LogP contribution is -1.99. The molecular formula is C10H8O2. The Labute approximate surface area is 70.8 Å². The van der Waals surface area contributed by atoms with Gasteiger partial charge in [-0.3, -0.25) is 0 Å². The average Bonchev–Trinajstić information content (AvgIpc) is 2.05. The van der Waals surface area contributed by atoms with Gasteiger partial charge in [-0.05, 0) is 24.6 Å². The molecule has 0 aromatic heterocycles. The third-order valence-electron chi connectivity index (χ3n) is 1.63. The first-order chi connectivity index (χ1) is 5.65. The number of carboxylic acids is 1. The first kappa shape index (κ1) is 8.35. The average molecular weight is 160 g/mol. The SMILES string of the molecule is C#Cc1ccc(C)c(C(=O)O)c1. The van der Waals surface area contributed by atoms with Crippen LogP contribution in [0.3, 0.4) is 0 Å². The van der Waals surface area contributed by atoms with Crippen molar-refractivity contribution in [2.45, 2.75) is 6.92 Å². The maximum absolute atomic E-state index is 10.6. The van der Waals surface area contributed by atoms with E-state index < -0.39 is 5.97 Å². The molecule has 0 aliphatic rings. The summed E-state index contributed by atoms with van der Waals surface area (Å²) in [4.78, 5) is 10.6. The Morgan fingerprint density at radius 2 is 2.25 bits per heavy atom. The first-order valence-electron chi connectivity index (χ1n) is 3.45. The van der Waals surface area contributed by atoms with Crippen LogP contribution in [0.4, 0.5) is 0 Å². The van der Waals surface area contributed by atoms with Crippen LogP contribution in [0.15, 0.2) is 18.2 Å². The van der Waals surface area contributed by atoms with Gasteiger partial charge in [0.05, 0.1) is 5.56 Å². The lowest BCUT2D eigenvalue weighted by molar-refractivity contribution is 0.0696. The standard InChI is InChI=1S/C10H8O2/c1-3-8-5-4-7(2)9(6-8)10(11)12/h1,4-6H,2H3,(H,11,12). The zero-order valence-corrected chi connectivity index (χ0v) is 6.66. The lowest BCUT2D eigenvalue weighted by atomic mass is 10.1. The predicted molar refractivity (Wildman–Crippen MR) is 46.1 cm³/mol. The summed E-state index contributed by atoms with van der Waals surface area (Å²) in [6.45, 7) is 1.74. The topological polar surface area (TPSA) is 37.3 Å². The summed E-state index contributed by atoms with van der Waals surface area (Å²) >= 11 is 0. The van der Waals surface area contributed by atoms with Crippen molar-refractivity contribution in [3.8, 4) is 12.3 Å². The van der Waals surface area contributed by atoms with E-state index in [1.165, 1.54) is 6.07 Å². The smallest absolute Gasteiger partial charge is 0.335 e. The van der Waals surface area contributed by atoms with Gasteiger partial charge >= 0.3 is 5.97 Å². The van der Waals surface area contributed by atoms with Gasteiger partial charge < -0.3 is 5.11 Å². The molecule has 0 atom stereocenters. The minimum absolute atomic E-state index is 0.269. The molecule has 12 heavy (non-hydrogen) atoms. The number of hydrogen-bond acceptors (Lipinski definition) is 1. The fourth-order valence-electron chi connectivity index (χ4n) is 0.942. The molecule has 0 radical (unpaired) electrons. The third-order valence-corrected chi connectivity index (χ3v) is 1.63. The second-order valence-electron chi connectivity index (χ2n) is 2.48. The summed E-state index contributed by atoms with van der Waals surface area (Å²) < 4.78 is 0. The van der Waals surface area contributed by atoms with Crippen molar-refractivity contribution >= 4 is 5.97 Å². The predicted octanol–water partition coefficient (Wildman–Crippen LogP) is 1.67. The number of hydrogen-bond donors (Lipinski definition) is 1. The second kappa shape index (κ2) is 3.10. The van der Waals surface area contributed by atoms with Gasteiger partial charge in [-0.2, -0.15) is 0 Å². The van der Waals surface area contributed by atoms with Crippen molar-refractivity contribution in [1.82, 2.24) is 0 Å². The molecular weight excluding hydrogens is 152 g/mol. The molecule has 0 amide bonds. The summed E-state index contributed by atoms with van der Waals surface area (Å²) in [5.41, 5.74) is 1.59. The number of aryl methyl sites for hydroxylation is 1. The summed E-state index contributed by atoms with van der Waals surface area (Å²) in [6, 6.07) is 4.93. The first-order valence-corrected chi connectivity index (χ1v) is 3.45. The van der Waals surface area contributed by atoms with Crippen molar-refractivity contribution in [1.29, 1.82) is 0 Å². The van der Waals surface area contributed by atoms with Gasteiger partial charge in [0.1, 0.15) is 0 Å². The van der Waals surface area contributed by atoms with E-state index in [1.54, 1.807) is 19.1 Å². The van der Waals surface area contributed by atoms with E-state index in [9.17, 15) is 4.79 Å². The van der Waals surface area contributed by atoms with E-state index in [2.05, 4.69) is 5.92 Å². The van der Waals surface area contributed by atoms with Crippen LogP contribution in [0.1, 0.15) is 21.5 Å². The number of carboxylic acid groups (broad SMARTS) is 1. The highest BCUT2D eigenvalue weighted by Crippen LogP contribution is 2.09. The van der Waals surface area contributed by atoms with Crippen molar-refractivity contribution in [2.75, 3.05) is 0 Å². The maximum Gasteiger partial charge on any atom is 0.335 e. The molecule has 2 heteroatoms. The maximum atomic E-state index is 10.6. The van der Waals surface area contributed by atoms with Gasteiger partial charge in [0.25, 0.3) is 0 Å². The fraction of sp³-hybridized carbons (Fsp3) is 0.100. The fourth-order valence-corrected chi connectivity index (χ4v) is 0.942. The molecule has 0 unspecified atom stereocenters. The molecule has 0 aliphatic heterocycles. The quantitative estimate of drug-likeness (QED) is 0.634. The highest BCUT2D eigenvalue weighted by molar-refractivity contribution is 5.89. The monoisotopic (exact) mass is 160 g/mol. The van der Waals surface area contributed by atoms with E-state index >= 15 is 0 Å². The van der Waals surface area contributed by atoms with E-state index in [1.807, 2.05) is 0 Å². The van der Waals surface area contributed by atoms with Crippen molar-refractivity contribution in [3.05, 3.63) is 34.9 Å². The molecule has 1 rings (SSSR count). The molecule has 0 saturated heterocycles. The van der Waals surface area contributed by atoms with E-state index in [-0.39, 0.29) is 5.56 Å². The Morgan fingerprint density at radius 3 is 2.75 bits per heavy atom. The van der Waals surface area contributed by atoms with Crippen LogP contribution in [0.5, 0.6) is 0 Å². The van der Waals surface area contributed by atoms with Crippen molar-refractivity contribution in [2.24, 2.45) is 0 Å². The lowest BCUT2D eigenvalue weighted by Gasteiger charge is -1.99. The van der Waals surface area contributed by atoms with Gasteiger partial charge in [0.15, 0.2) is 0 Å². The Balaban J connectivity index is 3.28. The van der Waals surface area contributed by atoms with Crippen LogP contribution < -0.4 is 0 Å². The number of carbonyl (C=O) groups is 1. The summed E-state index contributed by atoms with van der Waals surface area (Å²) in [6.07, 6.45) is 5.13. The van der Waals surface area contributed by atoms with Crippen LogP contribution in [0, 0.1) is 19.3 Å². The molecule has 60 valence electrons. The van der Waals surface area contributed by atoms with Crippen LogP contribution in [0.2, 0.25) is 0 Å². The minimum Gasteiger partial charge on any atom is -0.478 e. The molecule has 1 N–H and O–H groups in total. The zero-order valence-electron chi connectivity index (χ0n) is 6.66. The Bertz CT molecular complexity index is 359. The van der Waals surface area contributed by atoms with E-state index in [4.69, 9.17) is 11.5 Å². The third kappa shape index (κ3) is 1.46.